The fourth-order valence-electron chi connectivity index (χ4n) is 5.63. The number of rotatable bonds is 9. The van der Waals surface area contributed by atoms with Crippen molar-refractivity contribution in [2.24, 2.45) is 5.92 Å². The van der Waals surface area contributed by atoms with Crippen molar-refractivity contribution in [3.8, 4) is 11.5 Å². The standard InChI is InChI=1S/C28H36FN5O3/c1-31-25-5-4-23(15-21(25)16-30)34-9-6-20(17-34)28(35)32-22(18-33-7-2-3-8-33)12-19-13-24(29)27-26(14-19)36-10-11-37-27/h4-5,13-16,20,22,30-31H,2-3,6-12,17-18H2,1H3,(H,32,35). The third-order valence-electron chi connectivity index (χ3n) is 7.55. The van der Waals surface area contributed by atoms with E-state index < -0.39 is 5.82 Å². The fourth-order valence-corrected chi connectivity index (χ4v) is 5.63. The smallest absolute Gasteiger partial charge is 0.225 e. The van der Waals surface area contributed by atoms with E-state index in [0.717, 1.165) is 55.1 Å². The molecule has 8 nitrogen and oxygen atoms in total. The molecule has 3 aliphatic heterocycles. The minimum atomic E-state index is -0.418. The molecule has 2 unspecified atom stereocenters. The number of carbonyl (C=O) groups excluding carboxylic acids is 1. The van der Waals surface area contributed by atoms with Crippen LogP contribution >= 0.6 is 0 Å². The van der Waals surface area contributed by atoms with E-state index in [1.807, 2.05) is 31.3 Å². The Labute approximate surface area is 217 Å². The first-order valence-corrected chi connectivity index (χ1v) is 13.2. The molecule has 2 fully saturated rings. The van der Waals surface area contributed by atoms with Crippen LogP contribution in [0.4, 0.5) is 15.8 Å². The summed E-state index contributed by atoms with van der Waals surface area (Å²) in [4.78, 5) is 18.0. The van der Waals surface area contributed by atoms with Crippen LogP contribution in [-0.4, -0.2) is 76.0 Å². The van der Waals surface area contributed by atoms with Crippen LogP contribution in [0.5, 0.6) is 11.5 Å². The van der Waals surface area contributed by atoms with Crippen molar-refractivity contribution in [2.45, 2.75) is 31.7 Å². The zero-order valence-electron chi connectivity index (χ0n) is 21.4. The highest BCUT2D eigenvalue weighted by Gasteiger charge is 2.31. The number of carbonyl (C=O) groups is 1. The van der Waals surface area contributed by atoms with E-state index in [2.05, 4.69) is 20.4 Å². The SMILES string of the molecule is CNc1ccc(N2CCC(C(=O)NC(Cc3cc(F)c4c(c3)OCCO4)CN3CCCC3)C2)cc1C=N. The molecule has 37 heavy (non-hydrogen) atoms. The van der Waals surface area contributed by atoms with E-state index in [-0.39, 0.29) is 23.6 Å². The summed E-state index contributed by atoms with van der Waals surface area (Å²) in [5.74, 6) is 0.121. The number of anilines is 2. The zero-order valence-corrected chi connectivity index (χ0v) is 21.4. The first kappa shape index (κ1) is 25.3. The third kappa shape index (κ3) is 5.82. The number of nitrogens with one attached hydrogen (secondary N) is 3. The van der Waals surface area contributed by atoms with Gasteiger partial charge in [0, 0.05) is 55.9 Å². The molecule has 2 saturated heterocycles. The van der Waals surface area contributed by atoms with Crippen LogP contribution in [0.1, 0.15) is 30.4 Å². The maximum atomic E-state index is 14.7. The van der Waals surface area contributed by atoms with E-state index in [1.54, 1.807) is 0 Å². The number of benzene rings is 2. The van der Waals surface area contributed by atoms with Crippen LogP contribution in [0, 0.1) is 17.1 Å². The summed E-state index contributed by atoms with van der Waals surface area (Å²) in [6, 6.07) is 9.22. The molecule has 1 amide bonds. The number of hydrogen-bond acceptors (Lipinski definition) is 7. The van der Waals surface area contributed by atoms with Crippen LogP contribution in [0.2, 0.25) is 0 Å². The minimum absolute atomic E-state index is 0.0452. The predicted molar refractivity (Wildman–Crippen MR) is 143 cm³/mol. The summed E-state index contributed by atoms with van der Waals surface area (Å²) in [6.07, 6.45) is 4.98. The second-order valence-electron chi connectivity index (χ2n) is 10.1. The summed E-state index contributed by atoms with van der Waals surface area (Å²) in [6.45, 7) is 4.97. The lowest BCUT2D eigenvalue weighted by Crippen LogP contribution is -2.47. The molecular formula is C28H36FN5O3. The van der Waals surface area contributed by atoms with Gasteiger partial charge >= 0.3 is 0 Å². The molecule has 198 valence electrons. The Balaban J connectivity index is 1.26. The molecule has 2 aromatic carbocycles. The Hall–Kier alpha value is -3.33. The lowest BCUT2D eigenvalue weighted by Gasteiger charge is -2.27. The monoisotopic (exact) mass is 509 g/mol. The quantitative estimate of drug-likeness (QED) is 0.450. The second kappa shape index (κ2) is 11.4. The molecule has 0 aromatic heterocycles. The Morgan fingerprint density at radius 2 is 2.00 bits per heavy atom. The summed E-state index contributed by atoms with van der Waals surface area (Å²) in [5, 5.41) is 14.1. The van der Waals surface area contributed by atoms with Crippen molar-refractivity contribution in [3.63, 3.8) is 0 Å². The van der Waals surface area contributed by atoms with E-state index in [9.17, 15) is 9.18 Å². The number of fused-ring (bicyclic) bond motifs is 1. The molecule has 3 aliphatic rings. The average molecular weight is 510 g/mol. The van der Waals surface area contributed by atoms with Gasteiger partial charge in [-0.25, -0.2) is 4.39 Å². The normalized spacial score (nSPS) is 20.1. The van der Waals surface area contributed by atoms with Crippen molar-refractivity contribution in [2.75, 3.05) is 63.2 Å². The van der Waals surface area contributed by atoms with Crippen LogP contribution in [0.25, 0.3) is 0 Å². The number of halogens is 1. The molecule has 2 aromatic rings. The summed E-state index contributed by atoms with van der Waals surface area (Å²) in [5.41, 5.74) is 3.55. The second-order valence-corrected chi connectivity index (χ2v) is 10.1. The molecule has 9 heteroatoms. The number of likely N-dealkylation sites (tertiary alicyclic amines) is 1. The van der Waals surface area contributed by atoms with Gasteiger partial charge in [-0.3, -0.25) is 4.79 Å². The van der Waals surface area contributed by atoms with Crippen LogP contribution < -0.4 is 25.0 Å². The molecule has 0 saturated carbocycles. The van der Waals surface area contributed by atoms with Crippen molar-refractivity contribution in [3.05, 3.63) is 47.3 Å². The molecule has 2 atom stereocenters. The third-order valence-corrected chi connectivity index (χ3v) is 7.55. The van der Waals surface area contributed by atoms with Crippen molar-refractivity contribution in [1.82, 2.24) is 10.2 Å². The van der Waals surface area contributed by atoms with Gasteiger partial charge in [0.1, 0.15) is 13.2 Å². The topological polar surface area (TPSA) is 89.9 Å². The van der Waals surface area contributed by atoms with Gasteiger partial charge in [-0.2, -0.15) is 0 Å². The van der Waals surface area contributed by atoms with E-state index in [4.69, 9.17) is 14.9 Å². The Bertz CT molecular complexity index is 1140. The molecular weight excluding hydrogens is 473 g/mol. The average Bonchev–Trinajstić information content (AvgIpc) is 3.61. The van der Waals surface area contributed by atoms with Crippen molar-refractivity contribution < 1.29 is 18.7 Å². The van der Waals surface area contributed by atoms with Gasteiger partial charge in [-0.05, 0) is 74.7 Å². The summed E-state index contributed by atoms with van der Waals surface area (Å²) in [7, 11) is 1.84. The molecule has 0 radical (unpaired) electrons. The number of hydrogen-bond donors (Lipinski definition) is 3. The van der Waals surface area contributed by atoms with E-state index in [0.29, 0.717) is 31.9 Å². The molecule has 0 aliphatic carbocycles. The summed E-state index contributed by atoms with van der Waals surface area (Å²) < 4.78 is 25.7. The molecule has 0 spiro atoms. The van der Waals surface area contributed by atoms with Crippen molar-refractivity contribution in [1.29, 1.82) is 5.41 Å². The maximum absolute atomic E-state index is 14.7. The highest BCUT2D eigenvalue weighted by atomic mass is 19.1. The Morgan fingerprint density at radius 1 is 1.19 bits per heavy atom. The van der Waals surface area contributed by atoms with E-state index in [1.165, 1.54) is 25.1 Å². The number of amides is 1. The molecule has 5 rings (SSSR count). The molecule has 3 N–H and O–H groups in total. The van der Waals surface area contributed by atoms with Crippen LogP contribution in [0.3, 0.4) is 0 Å². The van der Waals surface area contributed by atoms with Gasteiger partial charge in [0.15, 0.2) is 17.3 Å². The lowest BCUT2D eigenvalue weighted by atomic mass is 10.0. The summed E-state index contributed by atoms with van der Waals surface area (Å²) >= 11 is 0. The van der Waals surface area contributed by atoms with Crippen LogP contribution in [0.15, 0.2) is 30.3 Å². The van der Waals surface area contributed by atoms with Gasteiger partial charge in [0.2, 0.25) is 5.91 Å². The molecule has 0 bridgehead atoms. The number of nitrogens with zero attached hydrogens (tertiary/aromatic N) is 2. The van der Waals surface area contributed by atoms with E-state index >= 15 is 0 Å². The fraction of sp³-hybridized carbons (Fsp3) is 0.500. The number of ether oxygens (including phenoxy) is 2. The largest absolute Gasteiger partial charge is 0.486 e. The Morgan fingerprint density at radius 3 is 2.78 bits per heavy atom. The maximum Gasteiger partial charge on any atom is 0.225 e. The van der Waals surface area contributed by atoms with Gasteiger partial charge in [-0.1, -0.05) is 0 Å². The van der Waals surface area contributed by atoms with Gasteiger partial charge in [0.05, 0.1) is 5.92 Å². The Kier molecular flexibility index (Phi) is 7.79. The predicted octanol–water partition coefficient (Wildman–Crippen LogP) is 3.29. The lowest BCUT2D eigenvalue weighted by molar-refractivity contribution is -0.125. The zero-order chi connectivity index (χ0) is 25.8. The first-order valence-electron chi connectivity index (χ1n) is 13.2. The molecule has 3 heterocycles. The highest BCUT2D eigenvalue weighted by Crippen LogP contribution is 2.34. The van der Waals surface area contributed by atoms with Gasteiger partial charge in [0.25, 0.3) is 0 Å². The van der Waals surface area contributed by atoms with Crippen LogP contribution in [-0.2, 0) is 11.2 Å². The minimum Gasteiger partial charge on any atom is -0.486 e. The van der Waals surface area contributed by atoms with Crippen molar-refractivity contribution >= 4 is 23.5 Å². The first-order chi connectivity index (χ1) is 18.0. The van der Waals surface area contributed by atoms with Gasteiger partial charge < -0.3 is 35.3 Å². The highest BCUT2D eigenvalue weighted by molar-refractivity contribution is 5.88. The van der Waals surface area contributed by atoms with Gasteiger partial charge in [-0.15, -0.1) is 0 Å².